The number of fused-ring (bicyclic) bond motifs is 2. The van der Waals surface area contributed by atoms with Gasteiger partial charge in [-0.25, -0.2) is 4.79 Å². The average Bonchev–Trinajstić information content (AvgIpc) is 2.84. The van der Waals surface area contributed by atoms with Crippen molar-refractivity contribution in [2.75, 3.05) is 13.6 Å². The quantitative estimate of drug-likeness (QED) is 0.743. The number of benzene rings is 1. The molecule has 1 unspecified atom stereocenters. The van der Waals surface area contributed by atoms with E-state index >= 15 is 0 Å². The van der Waals surface area contributed by atoms with E-state index in [1.165, 1.54) is 22.0 Å². The van der Waals surface area contributed by atoms with E-state index in [9.17, 15) is 4.79 Å². The molecule has 5 nitrogen and oxygen atoms in total. The van der Waals surface area contributed by atoms with Gasteiger partial charge in [-0.05, 0) is 37.1 Å². The van der Waals surface area contributed by atoms with Crippen LogP contribution in [0.1, 0.15) is 23.5 Å². The minimum atomic E-state index is -0.428. The molecule has 1 aliphatic heterocycles. The van der Waals surface area contributed by atoms with Crippen LogP contribution in [0.3, 0.4) is 0 Å². The Balaban J connectivity index is 1.76. The topological polar surface area (TPSA) is 74.2 Å². The van der Waals surface area contributed by atoms with Crippen molar-refractivity contribution in [2.45, 2.75) is 30.8 Å². The predicted octanol–water partition coefficient (Wildman–Crippen LogP) is 1.55. The Morgan fingerprint density at radius 1 is 1.48 bits per heavy atom. The molecule has 1 aliphatic carbocycles. The van der Waals surface area contributed by atoms with Crippen LogP contribution in [0.5, 0.6) is 0 Å². The zero-order valence-electron chi connectivity index (χ0n) is 12.1. The summed E-state index contributed by atoms with van der Waals surface area (Å²) in [4.78, 5) is 16.9. The fraction of sp³-hybridized carbons (Fsp3) is 0.438. The monoisotopic (exact) mass is 284 g/mol. The molecule has 3 atom stereocenters. The van der Waals surface area contributed by atoms with Gasteiger partial charge in [0.25, 0.3) is 0 Å². The second-order valence-corrected chi connectivity index (χ2v) is 6.34. The summed E-state index contributed by atoms with van der Waals surface area (Å²) in [5.74, 6) is 0.451. The molecule has 0 bridgehead atoms. The van der Waals surface area contributed by atoms with Gasteiger partial charge in [0.15, 0.2) is 0 Å². The van der Waals surface area contributed by atoms with Crippen LogP contribution in [0.2, 0.25) is 0 Å². The van der Waals surface area contributed by atoms with Crippen LogP contribution in [-0.2, 0) is 6.42 Å². The molecule has 5 heteroatoms. The maximum absolute atomic E-state index is 11.2. The summed E-state index contributed by atoms with van der Waals surface area (Å²) in [5.41, 5.74) is 9.33. The van der Waals surface area contributed by atoms with Crippen LogP contribution in [0, 0.1) is 0 Å². The number of aromatic nitrogens is 1. The number of hydrogen-bond acceptors (Lipinski definition) is 2. The summed E-state index contributed by atoms with van der Waals surface area (Å²) in [6.45, 7) is 0.861. The number of carbonyl (C=O) groups excluding carboxylic acids is 1. The number of piperidine rings is 1. The van der Waals surface area contributed by atoms with Gasteiger partial charge in [0.05, 0.1) is 0 Å². The summed E-state index contributed by atoms with van der Waals surface area (Å²) in [7, 11) is 2.14. The number of carbonyl (C=O) groups is 1. The van der Waals surface area contributed by atoms with Gasteiger partial charge in [-0.1, -0.05) is 12.1 Å². The third-order valence-electron chi connectivity index (χ3n) is 5.07. The van der Waals surface area contributed by atoms with Crippen molar-refractivity contribution in [3.8, 4) is 0 Å². The Labute approximate surface area is 123 Å². The highest BCUT2D eigenvalue weighted by atomic mass is 16.2. The third-order valence-corrected chi connectivity index (χ3v) is 5.07. The van der Waals surface area contributed by atoms with E-state index < -0.39 is 6.03 Å². The predicted molar refractivity (Wildman–Crippen MR) is 82.3 cm³/mol. The number of nitrogens with two attached hydrogens (primary N) is 1. The molecule has 21 heavy (non-hydrogen) atoms. The van der Waals surface area contributed by atoms with E-state index in [1.54, 1.807) is 0 Å². The second-order valence-electron chi connectivity index (χ2n) is 6.34. The highest BCUT2D eigenvalue weighted by molar-refractivity contribution is 5.88. The number of rotatable bonds is 1. The van der Waals surface area contributed by atoms with Crippen LogP contribution in [0.15, 0.2) is 24.4 Å². The first-order valence-corrected chi connectivity index (χ1v) is 7.48. The number of likely N-dealkylation sites (tertiary alicyclic amines) is 1. The van der Waals surface area contributed by atoms with Gasteiger partial charge in [0.1, 0.15) is 0 Å². The Bertz CT molecular complexity index is 707. The lowest BCUT2D eigenvalue weighted by molar-refractivity contribution is 0.130. The highest BCUT2D eigenvalue weighted by Gasteiger charge is 2.39. The molecule has 2 aromatic rings. The van der Waals surface area contributed by atoms with Gasteiger partial charge in [-0.15, -0.1) is 0 Å². The molecule has 0 saturated carbocycles. The fourth-order valence-electron chi connectivity index (χ4n) is 4.25. The number of nitrogens with one attached hydrogen (secondary N) is 2. The Morgan fingerprint density at radius 3 is 3.14 bits per heavy atom. The largest absolute Gasteiger partial charge is 0.361 e. The molecule has 1 saturated heterocycles. The molecule has 1 aromatic heterocycles. The van der Waals surface area contributed by atoms with E-state index in [0.717, 1.165) is 19.4 Å². The third kappa shape index (κ3) is 1.92. The van der Waals surface area contributed by atoms with E-state index in [0.29, 0.717) is 12.0 Å². The number of H-pyrrole nitrogens is 1. The number of primary amides is 1. The standard InChI is InChI=1S/C16H20N4O/c1-20-8-10(19-16(17)21)6-12-11-3-2-4-13-15(11)9(7-18-13)5-14(12)20/h2-4,7,10,12,14,18H,5-6,8H2,1H3,(H3,17,19,21)/t10-,12?,14+/m0/s1. The lowest BCUT2D eigenvalue weighted by atomic mass is 9.74. The van der Waals surface area contributed by atoms with Crippen molar-refractivity contribution >= 4 is 16.9 Å². The Kier molecular flexibility index (Phi) is 2.72. The highest BCUT2D eigenvalue weighted by Crippen LogP contribution is 2.42. The molecule has 4 rings (SSSR count). The zero-order chi connectivity index (χ0) is 14.6. The maximum Gasteiger partial charge on any atom is 0.312 e. The van der Waals surface area contributed by atoms with Gasteiger partial charge >= 0.3 is 6.03 Å². The van der Waals surface area contributed by atoms with E-state index in [1.807, 2.05) is 0 Å². The van der Waals surface area contributed by atoms with Crippen LogP contribution in [0.25, 0.3) is 10.9 Å². The van der Waals surface area contributed by atoms with Gasteiger partial charge in [-0.3, -0.25) is 0 Å². The van der Waals surface area contributed by atoms with Crippen molar-refractivity contribution in [3.05, 3.63) is 35.5 Å². The summed E-state index contributed by atoms with van der Waals surface area (Å²) in [6, 6.07) is 6.69. The lowest BCUT2D eigenvalue weighted by Crippen LogP contribution is -2.55. The second kappa shape index (κ2) is 4.49. The van der Waals surface area contributed by atoms with Gasteiger partial charge in [-0.2, -0.15) is 0 Å². The molecular formula is C16H20N4O. The Hall–Kier alpha value is -2.01. The molecule has 2 aliphatic rings. The first kappa shape index (κ1) is 12.7. The van der Waals surface area contributed by atoms with E-state index in [4.69, 9.17) is 5.73 Å². The summed E-state index contributed by atoms with van der Waals surface area (Å²) in [6.07, 6.45) is 4.18. The van der Waals surface area contributed by atoms with Crippen molar-refractivity contribution in [2.24, 2.45) is 5.73 Å². The first-order chi connectivity index (χ1) is 10.1. The Morgan fingerprint density at radius 2 is 2.33 bits per heavy atom. The summed E-state index contributed by atoms with van der Waals surface area (Å²) in [5, 5.41) is 4.27. The van der Waals surface area contributed by atoms with Crippen LogP contribution < -0.4 is 11.1 Å². The number of hydrogen-bond donors (Lipinski definition) is 3. The molecule has 2 amide bonds. The van der Waals surface area contributed by atoms with Crippen molar-refractivity contribution in [3.63, 3.8) is 0 Å². The number of amides is 2. The van der Waals surface area contributed by atoms with Crippen LogP contribution in [-0.4, -0.2) is 41.6 Å². The number of likely N-dealkylation sites (N-methyl/N-ethyl adjacent to an activating group) is 1. The molecule has 110 valence electrons. The first-order valence-electron chi connectivity index (χ1n) is 7.48. The zero-order valence-corrected chi connectivity index (χ0v) is 12.1. The maximum atomic E-state index is 11.2. The number of urea groups is 1. The lowest BCUT2D eigenvalue weighted by Gasteiger charge is -2.45. The fourth-order valence-corrected chi connectivity index (χ4v) is 4.25. The summed E-state index contributed by atoms with van der Waals surface area (Å²) < 4.78 is 0. The summed E-state index contributed by atoms with van der Waals surface area (Å²) >= 11 is 0. The normalized spacial score (nSPS) is 28.3. The van der Waals surface area contributed by atoms with Crippen molar-refractivity contribution in [1.29, 1.82) is 0 Å². The average molecular weight is 284 g/mol. The van der Waals surface area contributed by atoms with Gasteiger partial charge in [0, 0.05) is 41.6 Å². The SMILES string of the molecule is CN1C[C@@H](NC(N)=O)CC2c3cccc4[nH]cc(c34)C[C@H]21. The minimum absolute atomic E-state index is 0.129. The molecular weight excluding hydrogens is 264 g/mol. The molecule has 2 heterocycles. The van der Waals surface area contributed by atoms with Crippen molar-refractivity contribution in [1.82, 2.24) is 15.2 Å². The molecule has 1 fully saturated rings. The molecule has 0 spiro atoms. The van der Waals surface area contributed by atoms with Crippen LogP contribution in [0.4, 0.5) is 4.79 Å². The van der Waals surface area contributed by atoms with Gasteiger partial charge < -0.3 is 20.9 Å². The minimum Gasteiger partial charge on any atom is -0.361 e. The van der Waals surface area contributed by atoms with E-state index in [-0.39, 0.29) is 6.04 Å². The van der Waals surface area contributed by atoms with Crippen molar-refractivity contribution < 1.29 is 4.79 Å². The van der Waals surface area contributed by atoms with Gasteiger partial charge in [0.2, 0.25) is 0 Å². The number of aromatic amines is 1. The van der Waals surface area contributed by atoms with E-state index in [2.05, 4.69) is 46.6 Å². The molecule has 1 aromatic carbocycles. The molecule has 4 N–H and O–H groups in total. The van der Waals surface area contributed by atoms with Crippen LogP contribution >= 0.6 is 0 Å². The molecule has 0 radical (unpaired) electrons. The smallest absolute Gasteiger partial charge is 0.312 e. The number of nitrogens with zero attached hydrogens (tertiary/aromatic N) is 1.